The molecule has 2 heterocycles. The van der Waals surface area contributed by atoms with Crippen molar-refractivity contribution in [3.8, 4) is 0 Å². The van der Waals surface area contributed by atoms with Gasteiger partial charge in [-0.15, -0.1) is 0 Å². The number of likely N-dealkylation sites (tertiary alicyclic amines) is 1. The number of carbonyl (C=O) groups is 2. The second-order valence-electron chi connectivity index (χ2n) is 7.65. The molecule has 0 saturated carbocycles. The van der Waals surface area contributed by atoms with Gasteiger partial charge in [-0.3, -0.25) is 9.59 Å². The van der Waals surface area contributed by atoms with Crippen LogP contribution in [-0.4, -0.2) is 36.9 Å². The van der Waals surface area contributed by atoms with Crippen molar-refractivity contribution >= 4 is 46.9 Å². The molecule has 4 rings (SSSR count). The Morgan fingerprint density at radius 1 is 1.17 bits per heavy atom. The van der Waals surface area contributed by atoms with E-state index < -0.39 is 0 Å². The van der Waals surface area contributed by atoms with Crippen molar-refractivity contribution in [2.75, 3.05) is 25.0 Å². The van der Waals surface area contributed by atoms with Crippen LogP contribution in [0.5, 0.6) is 0 Å². The lowest BCUT2D eigenvalue weighted by Gasteiger charge is -2.31. The Balaban J connectivity index is 1.61. The third-order valence-corrected chi connectivity index (χ3v) is 6.99. The van der Waals surface area contributed by atoms with Gasteiger partial charge in [0.15, 0.2) is 0 Å². The maximum Gasteiger partial charge on any atom is 0.264 e. The van der Waals surface area contributed by atoms with Gasteiger partial charge in [-0.2, -0.15) is 0 Å². The minimum Gasteiger partial charge on any atom is -0.339 e. The number of thioether (sulfide) groups is 1. The summed E-state index contributed by atoms with van der Waals surface area (Å²) in [5.74, 6) is 0.618. The number of halogens is 1. The first-order valence-corrected chi connectivity index (χ1v) is 11.0. The van der Waals surface area contributed by atoms with Gasteiger partial charge in [-0.05, 0) is 54.7 Å². The summed E-state index contributed by atoms with van der Waals surface area (Å²) in [5, 5.41) is 0.610. The lowest BCUT2D eigenvalue weighted by Crippen LogP contribution is -2.38. The molecular weight excluding hydrogens is 404 g/mol. The van der Waals surface area contributed by atoms with Crippen molar-refractivity contribution in [1.29, 1.82) is 0 Å². The number of fused-ring (bicyclic) bond motifs is 1. The first-order chi connectivity index (χ1) is 13.9. The largest absolute Gasteiger partial charge is 0.339 e. The summed E-state index contributed by atoms with van der Waals surface area (Å²) >= 11 is 7.66. The molecule has 0 atom stereocenters. The van der Waals surface area contributed by atoms with Crippen molar-refractivity contribution in [3.63, 3.8) is 0 Å². The Morgan fingerprint density at radius 2 is 1.90 bits per heavy atom. The van der Waals surface area contributed by atoms with E-state index in [-0.39, 0.29) is 11.8 Å². The highest BCUT2D eigenvalue weighted by Crippen LogP contribution is 2.42. The minimum absolute atomic E-state index is 0.0444. The summed E-state index contributed by atoms with van der Waals surface area (Å²) in [6.07, 6.45) is 3.91. The summed E-state index contributed by atoms with van der Waals surface area (Å²) in [6, 6.07) is 13.1. The van der Waals surface area contributed by atoms with Crippen LogP contribution in [0.2, 0.25) is 5.02 Å². The van der Waals surface area contributed by atoms with Gasteiger partial charge in [0.1, 0.15) is 0 Å². The van der Waals surface area contributed by atoms with Crippen LogP contribution in [0.25, 0.3) is 6.08 Å². The number of carbonyl (C=O) groups excluding carboxylic acids is 2. The van der Waals surface area contributed by atoms with Crippen LogP contribution in [0.1, 0.15) is 35.7 Å². The molecule has 1 fully saturated rings. The number of rotatable bonds is 2. The summed E-state index contributed by atoms with van der Waals surface area (Å²) in [5.41, 5.74) is 2.22. The molecule has 6 heteroatoms. The fraction of sp³-hybridized carbons (Fsp3) is 0.304. The molecule has 2 amide bonds. The van der Waals surface area contributed by atoms with Gasteiger partial charge in [-0.25, -0.2) is 0 Å². The van der Waals surface area contributed by atoms with E-state index in [1.807, 2.05) is 53.4 Å². The quantitative estimate of drug-likeness (QED) is 0.610. The SMILES string of the molecule is CC1CCN(C(=O)c2ccc3c(c2)N(C)C(=O)C(=Cc2ccccc2Cl)S3)CC1. The number of benzene rings is 2. The summed E-state index contributed by atoms with van der Waals surface area (Å²) < 4.78 is 0. The summed E-state index contributed by atoms with van der Waals surface area (Å²) in [7, 11) is 1.75. The number of hydrogen-bond donors (Lipinski definition) is 0. The predicted octanol–water partition coefficient (Wildman–Crippen LogP) is 5.32. The highest BCUT2D eigenvalue weighted by molar-refractivity contribution is 8.04. The molecule has 29 heavy (non-hydrogen) atoms. The van der Waals surface area contributed by atoms with Gasteiger partial charge in [0.05, 0.1) is 10.6 Å². The maximum atomic E-state index is 12.9. The fourth-order valence-electron chi connectivity index (χ4n) is 3.65. The monoisotopic (exact) mass is 426 g/mol. The minimum atomic E-state index is -0.0983. The third kappa shape index (κ3) is 4.07. The summed E-state index contributed by atoms with van der Waals surface area (Å²) in [4.78, 5) is 30.9. The number of hydrogen-bond acceptors (Lipinski definition) is 3. The van der Waals surface area contributed by atoms with E-state index in [1.165, 1.54) is 11.8 Å². The normalized spacial score (nSPS) is 18.9. The molecule has 0 radical (unpaired) electrons. The Morgan fingerprint density at radius 3 is 2.62 bits per heavy atom. The first-order valence-electron chi connectivity index (χ1n) is 9.79. The molecule has 0 spiro atoms. The van der Waals surface area contributed by atoms with Crippen LogP contribution in [0, 0.1) is 5.92 Å². The zero-order valence-electron chi connectivity index (χ0n) is 16.5. The van der Waals surface area contributed by atoms with Crippen molar-refractivity contribution in [1.82, 2.24) is 4.90 Å². The topological polar surface area (TPSA) is 40.6 Å². The molecule has 0 unspecified atom stereocenters. The van der Waals surface area contributed by atoms with Crippen LogP contribution in [-0.2, 0) is 4.79 Å². The Hall–Kier alpha value is -2.24. The molecular formula is C23H23ClN2O2S. The van der Waals surface area contributed by atoms with Gasteiger partial charge < -0.3 is 9.80 Å². The average Bonchev–Trinajstić information content (AvgIpc) is 2.73. The van der Waals surface area contributed by atoms with E-state index in [2.05, 4.69) is 6.92 Å². The molecule has 0 aromatic heterocycles. The van der Waals surface area contributed by atoms with Gasteiger partial charge in [0.25, 0.3) is 11.8 Å². The molecule has 1 saturated heterocycles. The van der Waals surface area contributed by atoms with Crippen LogP contribution < -0.4 is 4.90 Å². The van der Waals surface area contributed by atoms with Crippen LogP contribution in [0.4, 0.5) is 5.69 Å². The number of likely N-dealkylation sites (N-methyl/N-ethyl adjacent to an activating group) is 1. The zero-order valence-corrected chi connectivity index (χ0v) is 18.1. The molecule has 0 bridgehead atoms. The van der Waals surface area contributed by atoms with Crippen molar-refractivity contribution in [2.24, 2.45) is 5.92 Å². The standard InChI is InChI=1S/C23H23ClN2O2S/c1-15-9-11-26(12-10-15)22(27)17-7-8-20-19(13-17)25(2)23(28)21(29-20)14-16-5-3-4-6-18(16)24/h3-8,13-15H,9-12H2,1-2H3. The van der Waals surface area contributed by atoms with Crippen molar-refractivity contribution < 1.29 is 9.59 Å². The highest BCUT2D eigenvalue weighted by atomic mass is 35.5. The van der Waals surface area contributed by atoms with Crippen molar-refractivity contribution in [3.05, 3.63) is 63.5 Å². The number of nitrogens with zero attached hydrogens (tertiary/aromatic N) is 2. The fourth-order valence-corrected chi connectivity index (χ4v) is 4.93. The highest BCUT2D eigenvalue weighted by Gasteiger charge is 2.29. The number of amides is 2. The Bertz CT molecular complexity index is 996. The van der Waals surface area contributed by atoms with E-state index in [0.717, 1.165) is 42.1 Å². The van der Waals surface area contributed by atoms with Gasteiger partial charge in [0.2, 0.25) is 0 Å². The van der Waals surface area contributed by atoms with Gasteiger partial charge in [-0.1, -0.05) is 48.5 Å². The first kappa shape index (κ1) is 20.0. The number of piperidine rings is 1. The van der Waals surface area contributed by atoms with E-state index in [4.69, 9.17) is 11.6 Å². The van der Waals surface area contributed by atoms with Crippen LogP contribution in [0.3, 0.4) is 0 Å². The van der Waals surface area contributed by atoms with Crippen LogP contribution in [0.15, 0.2) is 52.3 Å². The molecule has 0 N–H and O–H groups in total. The lowest BCUT2D eigenvalue weighted by molar-refractivity contribution is -0.114. The second kappa shape index (κ2) is 8.25. The van der Waals surface area contributed by atoms with E-state index in [1.54, 1.807) is 11.9 Å². The van der Waals surface area contributed by atoms with E-state index in [0.29, 0.717) is 21.4 Å². The van der Waals surface area contributed by atoms with Gasteiger partial charge >= 0.3 is 0 Å². The average molecular weight is 427 g/mol. The zero-order chi connectivity index (χ0) is 20.5. The molecule has 2 aliphatic heterocycles. The third-order valence-electron chi connectivity index (χ3n) is 5.57. The molecule has 2 aliphatic rings. The molecule has 2 aromatic carbocycles. The molecule has 4 nitrogen and oxygen atoms in total. The second-order valence-corrected chi connectivity index (χ2v) is 9.14. The Labute approximate surface area is 180 Å². The van der Waals surface area contributed by atoms with Gasteiger partial charge in [0, 0.05) is 35.6 Å². The van der Waals surface area contributed by atoms with E-state index >= 15 is 0 Å². The Kier molecular flexibility index (Phi) is 5.70. The maximum absolute atomic E-state index is 12.9. The molecule has 2 aromatic rings. The smallest absolute Gasteiger partial charge is 0.264 e. The van der Waals surface area contributed by atoms with E-state index in [9.17, 15) is 9.59 Å². The number of anilines is 1. The summed E-state index contributed by atoms with van der Waals surface area (Å²) in [6.45, 7) is 3.82. The molecule has 150 valence electrons. The van der Waals surface area contributed by atoms with Crippen molar-refractivity contribution in [2.45, 2.75) is 24.7 Å². The predicted molar refractivity (Wildman–Crippen MR) is 119 cm³/mol. The molecule has 0 aliphatic carbocycles. The van der Waals surface area contributed by atoms with Crippen LogP contribution >= 0.6 is 23.4 Å². The lowest BCUT2D eigenvalue weighted by atomic mass is 9.98.